The van der Waals surface area contributed by atoms with Crippen molar-refractivity contribution in [1.82, 2.24) is 16.1 Å². The molecule has 3 aliphatic rings. The van der Waals surface area contributed by atoms with Crippen LogP contribution in [-0.2, 0) is 36.9 Å². The number of nitrogens with one attached hydrogen (secondary N) is 3. The normalized spacial score (nSPS) is 24.1. The van der Waals surface area contributed by atoms with E-state index in [1.807, 2.05) is 12.1 Å². The van der Waals surface area contributed by atoms with Crippen LogP contribution in [0.4, 0.5) is 4.39 Å². The molecule has 3 N–H and O–H groups in total. The van der Waals surface area contributed by atoms with Crippen LogP contribution in [0.25, 0.3) is 0 Å². The summed E-state index contributed by atoms with van der Waals surface area (Å²) < 4.78 is 24.5. The summed E-state index contributed by atoms with van der Waals surface area (Å²) in [5.41, 5.74) is 3.91. The van der Waals surface area contributed by atoms with E-state index in [4.69, 9.17) is 22.2 Å². The van der Waals surface area contributed by atoms with Crippen LogP contribution in [0.2, 0.25) is 5.82 Å². The van der Waals surface area contributed by atoms with E-state index in [0.717, 1.165) is 18.4 Å². The van der Waals surface area contributed by atoms with Crippen LogP contribution in [-0.4, -0.2) is 51.1 Å². The number of benzene rings is 2. The van der Waals surface area contributed by atoms with Crippen LogP contribution in [0.5, 0.6) is 5.75 Å². The molecule has 5 rings (SSSR count). The van der Waals surface area contributed by atoms with Gasteiger partial charge in [0.15, 0.2) is 6.29 Å². The van der Waals surface area contributed by atoms with Crippen molar-refractivity contribution in [3.05, 3.63) is 65.5 Å². The second kappa shape index (κ2) is 14.1. The number of hydrogen-bond acceptors (Lipinski definition) is 6. The van der Waals surface area contributed by atoms with Gasteiger partial charge in [0.1, 0.15) is 17.6 Å². The Morgan fingerprint density at radius 3 is 2.49 bits per heavy atom. The number of carbonyl (C=O) groups is 3. The van der Waals surface area contributed by atoms with E-state index in [-0.39, 0.29) is 25.2 Å². The fourth-order valence-electron chi connectivity index (χ4n) is 4.50. The zero-order valence-electron chi connectivity index (χ0n) is 21.7. The first-order valence-corrected chi connectivity index (χ1v) is 13.3. The maximum absolute atomic E-state index is 13.3. The van der Waals surface area contributed by atoms with Gasteiger partial charge in [-0.2, -0.15) is 0 Å². The molecular weight excluding hydrogens is 504 g/mol. The number of amides is 3. The Labute approximate surface area is 228 Å². The minimum atomic E-state index is -1.24. The minimum Gasteiger partial charge on any atom is -0.494 e. The first-order chi connectivity index (χ1) is 18.9. The molecule has 11 heteroatoms. The van der Waals surface area contributed by atoms with E-state index < -0.39 is 41.8 Å². The molecule has 0 spiro atoms. The standard InChI is InChI=1S/C28H33BFN3O6/c29-25-22(26(34)33-39-24-5-1-2-14-38-24)4-3-15-37-21-12-8-18(9-13-21)16-23(32-28(25)36)27(35)31-17-19-6-10-20(30)11-7-19/h6-13,22-25H,1-5,14-17H2,(H,31,35)(H,32,36)(H,33,34)/t22-,23-,24?,25+/m0/s1. The van der Waals surface area contributed by atoms with Gasteiger partial charge in [-0.1, -0.05) is 24.3 Å². The lowest BCUT2D eigenvalue weighted by Crippen LogP contribution is -2.50. The number of halogens is 1. The molecule has 1 unspecified atom stereocenters. The predicted molar refractivity (Wildman–Crippen MR) is 141 cm³/mol. The summed E-state index contributed by atoms with van der Waals surface area (Å²) in [6, 6.07) is 12.0. The van der Waals surface area contributed by atoms with Crippen LogP contribution in [0.1, 0.15) is 43.2 Å². The monoisotopic (exact) mass is 537 g/mol. The van der Waals surface area contributed by atoms with Crippen molar-refractivity contribution in [3.8, 4) is 5.75 Å². The van der Waals surface area contributed by atoms with Crippen molar-refractivity contribution < 1.29 is 33.1 Å². The Balaban J connectivity index is 1.46. The molecule has 0 saturated carbocycles. The highest BCUT2D eigenvalue weighted by Gasteiger charge is 2.33. The lowest BCUT2D eigenvalue weighted by molar-refractivity contribution is -0.202. The maximum Gasteiger partial charge on any atom is 0.246 e. The van der Waals surface area contributed by atoms with Gasteiger partial charge in [-0.15, -0.1) is 0 Å². The van der Waals surface area contributed by atoms with Crippen LogP contribution in [0.3, 0.4) is 0 Å². The Hall–Kier alpha value is -3.44. The first kappa shape index (κ1) is 28.6. The summed E-state index contributed by atoms with van der Waals surface area (Å²) in [4.78, 5) is 44.9. The van der Waals surface area contributed by atoms with Gasteiger partial charge in [-0.05, 0) is 61.1 Å². The SMILES string of the molecule is [B][C@H]1C(=O)N[C@H](C(=O)NCc2ccc(F)cc2)Cc2ccc(cc2)OCCC[C@@H]1C(=O)NOC1CCCCO1. The van der Waals surface area contributed by atoms with Gasteiger partial charge in [0.05, 0.1) is 14.5 Å². The second-order valence-corrected chi connectivity index (χ2v) is 9.76. The number of hydrogen-bond donors (Lipinski definition) is 3. The highest BCUT2D eigenvalue weighted by atomic mass is 19.1. The number of rotatable bonds is 6. The van der Waals surface area contributed by atoms with E-state index in [1.165, 1.54) is 12.1 Å². The van der Waals surface area contributed by atoms with E-state index >= 15 is 0 Å². The van der Waals surface area contributed by atoms with Crippen molar-refractivity contribution in [3.63, 3.8) is 0 Å². The van der Waals surface area contributed by atoms with Gasteiger partial charge in [0.2, 0.25) is 17.7 Å². The molecule has 3 amide bonds. The molecular formula is C28H33BFN3O6. The molecule has 1 saturated heterocycles. The van der Waals surface area contributed by atoms with Crippen molar-refractivity contribution in [1.29, 1.82) is 0 Å². The van der Waals surface area contributed by atoms with Gasteiger partial charge in [-0.3, -0.25) is 14.4 Å². The van der Waals surface area contributed by atoms with Crippen LogP contribution >= 0.6 is 0 Å². The third-order valence-corrected chi connectivity index (χ3v) is 6.81. The van der Waals surface area contributed by atoms with E-state index in [9.17, 15) is 18.8 Å². The summed E-state index contributed by atoms with van der Waals surface area (Å²) in [6.07, 6.45) is 2.87. The zero-order chi connectivity index (χ0) is 27.6. The smallest absolute Gasteiger partial charge is 0.246 e. The highest BCUT2D eigenvalue weighted by Crippen LogP contribution is 2.24. The number of ether oxygens (including phenoxy) is 2. The quantitative estimate of drug-likeness (QED) is 0.386. The average molecular weight is 537 g/mol. The van der Waals surface area contributed by atoms with Gasteiger partial charge >= 0.3 is 0 Å². The molecule has 2 radical (unpaired) electrons. The molecule has 3 aliphatic heterocycles. The minimum absolute atomic E-state index is 0.149. The summed E-state index contributed by atoms with van der Waals surface area (Å²) in [7, 11) is 6.29. The molecule has 0 aromatic heterocycles. The third-order valence-electron chi connectivity index (χ3n) is 6.81. The lowest BCUT2D eigenvalue weighted by atomic mass is 9.73. The second-order valence-electron chi connectivity index (χ2n) is 9.76. The number of carbonyl (C=O) groups excluding carboxylic acids is 3. The van der Waals surface area contributed by atoms with Gasteiger partial charge in [0, 0.05) is 37.7 Å². The summed E-state index contributed by atoms with van der Waals surface area (Å²) in [6.45, 7) is 1.03. The van der Waals surface area contributed by atoms with Gasteiger partial charge in [0.25, 0.3) is 0 Å². The zero-order valence-corrected chi connectivity index (χ0v) is 21.7. The van der Waals surface area contributed by atoms with E-state index in [2.05, 4.69) is 16.1 Å². The fourth-order valence-corrected chi connectivity index (χ4v) is 4.50. The molecule has 206 valence electrons. The molecule has 2 aromatic carbocycles. The van der Waals surface area contributed by atoms with Gasteiger partial charge in [-0.25, -0.2) is 14.7 Å². The fraction of sp³-hybridized carbons (Fsp3) is 0.464. The largest absolute Gasteiger partial charge is 0.494 e. The van der Waals surface area contributed by atoms with Crippen LogP contribution in [0.15, 0.2) is 48.5 Å². The predicted octanol–water partition coefficient (Wildman–Crippen LogP) is 2.49. The van der Waals surface area contributed by atoms with Crippen molar-refractivity contribution >= 4 is 25.6 Å². The van der Waals surface area contributed by atoms with Crippen LogP contribution in [0, 0.1) is 11.7 Å². The molecule has 2 aromatic rings. The van der Waals surface area contributed by atoms with Crippen molar-refractivity contribution in [2.75, 3.05) is 13.2 Å². The Kier molecular flexibility index (Phi) is 10.3. The molecule has 2 bridgehead atoms. The van der Waals surface area contributed by atoms with Crippen LogP contribution < -0.4 is 20.9 Å². The summed E-state index contributed by atoms with van der Waals surface area (Å²) >= 11 is 0. The molecule has 9 nitrogen and oxygen atoms in total. The van der Waals surface area contributed by atoms with Crippen molar-refractivity contribution in [2.45, 2.75) is 63.2 Å². The highest BCUT2D eigenvalue weighted by molar-refractivity contribution is 6.25. The maximum atomic E-state index is 13.3. The van der Waals surface area contributed by atoms with E-state index in [0.29, 0.717) is 37.4 Å². The van der Waals surface area contributed by atoms with Crippen molar-refractivity contribution in [2.24, 2.45) is 5.92 Å². The number of fused-ring (bicyclic) bond motifs is 11. The Morgan fingerprint density at radius 1 is 1.00 bits per heavy atom. The molecule has 39 heavy (non-hydrogen) atoms. The molecule has 1 fully saturated rings. The summed E-state index contributed by atoms with van der Waals surface area (Å²) in [5, 5.41) is 5.51. The third kappa shape index (κ3) is 8.53. The molecule has 0 aliphatic carbocycles. The Bertz CT molecular complexity index is 1110. The molecule has 3 heterocycles. The van der Waals surface area contributed by atoms with E-state index in [1.54, 1.807) is 24.3 Å². The summed E-state index contributed by atoms with van der Waals surface area (Å²) in [5.74, 6) is -3.51. The lowest BCUT2D eigenvalue weighted by Gasteiger charge is -2.27. The topological polar surface area (TPSA) is 115 Å². The molecule has 4 atom stereocenters. The average Bonchev–Trinajstić information content (AvgIpc) is 2.95. The van der Waals surface area contributed by atoms with Gasteiger partial charge < -0.3 is 20.1 Å². The first-order valence-electron chi connectivity index (χ1n) is 13.3. The Morgan fingerprint density at radius 2 is 1.77 bits per heavy atom. The number of hydroxylamine groups is 1.